The minimum Gasteiger partial charge on any atom is -0.449 e. The summed E-state index contributed by atoms with van der Waals surface area (Å²) in [6, 6.07) is 5.59. The summed E-state index contributed by atoms with van der Waals surface area (Å²) in [6.07, 6.45) is -0.833. The molecule has 1 atom stereocenters. The van der Waals surface area contributed by atoms with E-state index in [1.54, 1.807) is 6.92 Å². The monoisotopic (exact) mass is 340 g/mol. The Bertz CT molecular complexity index is 710. The van der Waals surface area contributed by atoms with E-state index in [-0.39, 0.29) is 22.6 Å². The van der Waals surface area contributed by atoms with Crippen molar-refractivity contribution in [3.8, 4) is 5.75 Å². The van der Waals surface area contributed by atoms with Crippen LogP contribution in [0.1, 0.15) is 55.9 Å². The van der Waals surface area contributed by atoms with Crippen LogP contribution in [0.3, 0.4) is 0 Å². The molecule has 0 saturated carbocycles. The lowest BCUT2D eigenvalue weighted by Crippen LogP contribution is -2.15. The molecule has 1 unspecified atom stereocenters. The number of nitrogens with zero attached hydrogens (tertiary/aromatic N) is 2. The van der Waals surface area contributed by atoms with Crippen molar-refractivity contribution < 1.29 is 27.6 Å². The van der Waals surface area contributed by atoms with Crippen LogP contribution in [-0.4, -0.2) is 22.7 Å². The van der Waals surface area contributed by atoms with Gasteiger partial charge in [0.15, 0.2) is 11.9 Å². The lowest BCUT2D eigenvalue weighted by atomic mass is 9.96. The predicted octanol–water partition coefficient (Wildman–Crippen LogP) is 3.89. The maximum Gasteiger partial charge on any atom is 0.387 e. The smallest absolute Gasteiger partial charge is 0.387 e. The molecule has 0 fully saturated rings. The topological polar surface area (TPSA) is 74.5 Å². The van der Waals surface area contributed by atoms with Crippen LogP contribution in [0, 0.1) is 0 Å². The third-order valence-electron chi connectivity index (χ3n) is 3.07. The number of halogens is 2. The van der Waals surface area contributed by atoms with E-state index >= 15 is 0 Å². The summed E-state index contributed by atoms with van der Waals surface area (Å²) in [4.78, 5) is 16.4. The van der Waals surface area contributed by atoms with Crippen LogP contribution in [0.2, 0.25) is 0 Å². The minimum atomic E-state index is -3.04. The van der Waals surface area contributed by atoms with Crippen molar-refractivity contribution in [3.05, 3.63) is 41.5 Å². The van der Waals surface area contributed by atoms with Crippen molar-refractivity contribution in [3.63, 3.8) is 0 Å². The molecule has 0 spiro atoms. The fourth-order valence-electron chi connectivity index (χ4n) is 1.81. The molecule has 0 aliphatic heterocycles. The number of hydrogen-bond donors (Lipinski definition) is 0. The molecule has 0 aliphatic carbocycles. The van der Waals surface area contributed by atoms with E-state index < -0.39 is 18.7 Å². The van der Waals surface area contributed by atoms with Crippen molar-refractivity contribution in [2.45, 2.75) is 45.8 Å². The van der Waals surface area contributed by atoms with Gasteiger partial charge in [0.2, 0.25) is 0 Å². The molecule has 0 amide bonds. The lowest BCUT2D eigenvalue weighted by Gasteiger charge is -2.13. The van der Waals surface area contributed by atoms with E-state index in [1.807, 2.05) is 20.8 Å². The lowest BCUT2D eigenvalue weighted by molar-refractivity contribution is -0.0506. The quantitative estimate of drug-likeness (QED) is 0.769. The van der Waals surface area contributed by atoms with Crippen molar-refractivity contribution in [2.24, 2.45) is 0 Å². The van der Waals surface area contributed by atoms with Gasteiger partial charge in [-0.05, 0) is 19.1 Å². The molecule has 1 heterocycles. The van der Waals surface area contributed by atoms with Crippen LogP contribution >= 0.6 is 0 Å². The van der Waals surface area contributed by atoms with Gasteiger partial charge in [-0.3, -0.25) is 0 Å². The average Bonchev–Trinajstić information content (AvgIpc) is 2.97. The first-order valence-electron chi connectivity index (χ1n) is 7.27. The van der Waals surface area contributed by atoms with Gasteiger partial charge in [0.05, 0.1) is 0 Å². The molecule has 1 aromatic heterocycles. The molecule has 6 nitrogen and oxygen atoms in total. The Morgan fingerprint density at radius 1 is 1.25 bits per heavy atom. The summed E-state index contributed by atoms with van der Waals surface area (Å²) in [6.45, 7) is 4.25. The molecule has 0 radical (unpaired) electrons. The first-order valence-corrected chi connectivity index (χ1v) is 7.27. The van der Waals surface area contributed by atoms with E-state index in [2.05, 4.69) is 14.9 Å². The largest absolute Gasteiger partial charge is 0.449 e. The first kappa shape index (κ1) is 17.8. The Labute approximate surface area is 137 Å². The second kappa shape index (κ2) is 6.94. The molecular formula is C16H18F2N2O4. The zero-order valence-electron chi connectivity index (χ0n) is 13.7. The summed E-state index contributed by atoms with van der Waals surface area (Å²) in [5.74, 6) is -0.484. The summed E-state index contributed by atoms with van der Waals surface area (Å²) in [5, 5.41) is 3.84. The van der Waals surface area contributed by atoms with Gasteiger partial charge in [0.1, 0.15) is 11.3 Å². The summed E-state index contributed by atoms with van der Waals surface area (Å²) >= 11 is 0. The second-order valence-corrected chi connectivity index (χ2v) is 6.13. The van der Waals surface area contributed by atoms with Gasteiger partial charge in [-0.15, -0.1) is 0 Å². The first-order chi connectivity index (χ1) is 11.2. The van der Waals surface area contributed by atoms with Crippen molar-refractivity contribution in [1.29, 1.82) is 0 Å². The highest BCUT2D eigenvalue weighted by atomic mass is 19.3. The molecule has 8 heteroatoms. The number of alkyl halides is 2. The van der Waals surface area contributed by atoms with Gasteiger partial charge in [-0.2, -0.15) is 13.8 Å². The SMILES string of the molecule is CC(OC(=O)c1ccccc1OC(F)F)c1nc(C(C)(C)C)no1. The van der Waals surface area contributed by atoms with Gasteiger partial charge in [-0.1, -0.05) is 38.1 Å². The zero-order chi connectivity index (χ0) is 17.9. The maximum absolute atomic E-state index is 12.4. The number of carbonyl (C=O) groups is 1. The standard InChI is InChI=1S/C16H18F2N2O4/c1-9(12-19-14(20-24-12)16(2,3)4)22-13(21)10-7-5-6-8-11(10)23-15(17)18/h5-9,15H,1-4H3. The number of aromatic nitrogens is 2. The van der Waals surface area contributed by atoms with Crippen molar-refractivity contribution >= 4 is 5.97 Å². The second-order valence-electron chi connectivity index (χ2n) is 6.13. The fourth-order valence-corrected chi connectivity index (χ4v) is 1.81. The zero-order valence-corrected chi connectivity index (χ0v) is 13.7. The maximum atomic E-state index is 12.4. The molecule has 0 aliphatic rings. The highest BCUT2D eigenvalue weighted by Gasteiger charge is 2.26. The number of benzene rings is 1. The van der Waals surface area contributed by atoms with Crippen LogP contribution in [-0.2, 0) is 10.2 Å². The van der Waals surface area contributed by atoms with Gasteiger partial charge in [0, 0.05) is 5.41 Å². The third kappa shape index (κ3) is 4.27. The summed E-state index contributed by atoms with van der Waals surface area (Å²) in [5.41, 5.74) is -0.427. The summed E-state index contributed by atoms with van der Waals surface area (Å²) in [7, 11) is 0. The van der Waals surface area contributed by atoms with Gasteiger partial charge >= 0.3 is 12.6 Å². The Morgan fingerprint density at radius 2 is 1.92 bits per heavy atom. The van der Waals surface area contributed by atoms with E-state index in [0.717, 1.165) is 0 Å². The molecule has 24 heavy (non-hydrogen) atoms. The fraction of sp³-hybridized carbons (Fsp3) is 0.438. The van der Waals surface area contributed by atoms with Crippen molar-refractivity contribution in [2.75, 3.05) is 0 Å². The van der Waals surface area contributed by atoms with E-state index in [9.17, 15) is 13.6 Å². The van der Waals surface area contributed by atoms with E-state index in [4.69, 9.17) is 9.26 Å². The normalized spacial score (nSPS) is 13.0. The molecule has 0 N–H and O–H groups in total. The number of ether oxygens (including phenoxy) is 2. The number of rotatable bonds is 5. The molecule has 1 aromatic carbocycles. The Hall–Kier alpha value is -2.51. The Balaban J connectivity index is 2.13. The predicted molar refractivity (Wildman–Crippen MR) is 79.9 cm³/mol. The summed E-state index contributed by atoms with van der Waals surface area (Å²) < 4.78 is 39.4. The van der Waals surface area contributed by atoms with Gasteiger partial charge in [-0.25, -0.2) is 4.79 Å². The van der Waals surface area contributed by atoms with E-state index in [0.29, 0.717) is 5.82 Å². The highest BCUT2D eigenvalue weighted by molar-refractivity contribution is 5.92. The number of esters is 1. The number of para-hydroxylation sites is 1. The third-order valence-corrected chi connectivity index (χ3v) is 3.07. The Morgan fingerprint density at radius 3 is 2.50 bits per heavy atom. The molecule has 0 bridgehead atoms. The number of hydrogen-bond acceptors (Lipinski definition) is 6. The van der Waals surface area contributed by atoms with Crippen LogP contribution in [0.4, 0.5) is 8.78 Å². The minimum absolute atomic E-state index is 0.111. The van der Waals surface area contributed by atoms with E-state index in [1.165, 1.54) is 24.3 Å². The van der Waals surface area contributed by atoms with Crippen LogP contribution < -0.4 is 4.74 Å². The van der Waals surface area contributed by atoms with Gasteiger partial charge < -0.3 is 14.0 Å². The molecular weight excluding hydrogens is 322 g/mol. The Kier molecular flexibility index (Phi) is 5.16. The average molecular weight is 340 g/mol. The molecule has 2 aromatic rings. The van der Waals surface area contributed by atoms with Crippen LogP contribution in [0.15, 0.2) is 28.8 Å². The number of carbonyl (C=O) groups excluding carboxylic acids is 1. The van der Waals surface area contributed by atoms with Crippen LogP contribution in [0.25, 0.3) is 0 Å². The highest BCUT2D eigenvalue weighted by Crippen LogP contribution is 2.25. The molecule has 2 rings (SSSR count). The molecule has 0 saturated heterocycles. The van der Waals surface area contributed by atoms with Crippen molar-refractivity contribution in [1.82, 2.24) is 10.1 Å². The van der Waals surface area contributed by atoms with Gasteiger partial charge in [0.25, 0.3) is 5.89 Å². The van der Waals surface area contributed by atoms with Crippen LogP contribution in [0.5, 0.6) is 5.75 Å². The molecule has 130 valence electrons.